The van der Waals surface area contributed by atoms with Crippen LogP contribution in [0.5, 0.6) is 0 Å². The molecule has 0 atom stereocenters. The SMILES string of the molecule is CCC1(S(=O)(=O)C(C)(C)C(=O)OC(C)(C)C)CC1.CCOC(=O)c1nn(C)c2c1CCN(CC1(S(=O)(=O)C(C)(C)C(=O)OC(C)(C)C)CC1)C2=O.CCOC(=O)c1nn(C)c2c1CCNC2=O. The fraction of sp³-hybridized carbons (Fsp3) is 0.733. The first-order valence-corrected chi connectivity index (χ1v) is 25.6. The van der Waals surface area contributed by atoms with Gasteiger partial charge in [-0.1, -0.05) is 6.92 Å². The highest BCUT2D eigenvalue weighted by Gasteiger charge is 2.64. The van der Waals surface area contributed by atoms with Crippen molar-refractivity contribution in [2.45, 2.75) is 165 Å². The molecule has 0 saturated heterocycles. The van der Waals surface area contributed by atoms with E-state index >= 15 is 0 Å². The van der Waals surface area contributed by atoms with E-state index in [4.69, 9.17) is 18.9 Å². The summed E-state index contributed by atoms with van der Waals surface area (Å²) in [6, 6.07) is 0. The van der Waals surface area contributed by atoms with Gasteiger partial charge >= 0.3 is 23.9 Å². The van der Waals surface area contributed by atoms with Crippen molar-refractivity contribution >= 4 is 55.4 Å². The lowest BCUT2D eigenvalue weighted by Gasteiger charge is -2.35. The minimum Gasteiger partial charge on any atom is -0.461 e. The number of nitrogens with zero attached hydrogens (tertiary/aromatic N) is 5. The minimum atomic E-state index is -3.99. The molecule has 4 heterocycles. The third kappa shape index (κ3) is 10.9. The molecule has 0 bridgehead atoms. The zero-order valence-electron chi connectivity index (χ0n) is 41.8. The molecule has 2 aromatic heterocycles. The zero-order valence-corrected chi connectivity index (χ0v) is 43.4. The van der Waals surface area contributed by atoms with Crippen LogP contribution in [-0.4, -0.2) is 140 Å². The van der Waals surface area contributed by atoms with E-state index in [0.717, 1.165) is 0 Å². The van der Waals surface area contributed by atoms with Gasteiger partial charge in [-0.3, -0.25) is 28.5 Å². The fourth-order valence-electron chi connectivity index (χ4n) is 7.98. The van der Waals surface area contributed by atoms with Crippen molar-refractivity contribution in [1.29, 1.82) is 0 Å². The molecule has 2 fully saturated rings. The standard InChI is InChI=1S/C22H33N3O7S.C13H24O4S.C10H13N3O3/c1-8-31-18(27)15-14-9-12-25(17(26)16(14)24(7)23-15)13-22(10-11-22)33(29,30)21(5,6)19(28)32-20(2,3)4;1-7-13(8-9-13)18(15,16)12(5,6)10(14)17-11(2,3)4;1-3-16-10(15)7-6-4-5-11-9(14)8(6)13(2)12-7/h8-13H2,1-7H3;7-9H2,1-6H3;3-5H2,1-2H3,(H,11,14). The Labute approximate surface area is 394 Å². The summed E-state index contributed by atoms with van der Waals surface area (Å²) in [5, 5.41) is 10.9. The van der Waals surface area contributed by atoms with Crippen LogP contribution in [0.25, 0.3) is 0 Å². The van der Waals surface area contributed by atoms with Gasteiger partial charge in [0.1, 0.15) is 22.6 Å². The van der Waals surface area contributed by atoms with Crippen LogP contribution in [0.3, 0.4) is 0 Å². The maximum atomic E-state index is 13.6. The number of carbonyl (C=O) groups excluding carboxylic acids is 6. The molecule has 2 aromatic rings. The molecule has 20 nitrogen and oxygen atoms in total. The maximum Gasteiger partial charge on any atom is 0.359 e. The molecule has 67 heavy (non-hydrogen) atoms. The van der Waals surface area contributed by atoms with Crippen LogP contribution in [0.2, 0.25) is 0 Å². The van der Waals surface area contributed by atoms with Gasteiger partial charge in [0.2, 0.25) is 0 Å². The fourth-order valence-corrected chi connectivity index (χ4v) is 12.6. The quantitative estimate of drug-likeness (QED) is 0.220. The lowest BCUT2D eigenvalue weighted by atomic mass is 10.0. The summed E-state index contributed by atoms with van der Waals surface area (Å²) >= 11 is 0. The van der Waals surface area contributed by atoms with Gasteiger partial charge in [-0.2, -0.15) is 10.2 Å². The summed E-state index contributed by atoms with van der Waals surface area (Å²) in [6.07, 6.45) is 3.55. The van der Waals surface area contributed by atoms with Crippen molar-refractivity contribution in [3.8, 4) is 0 Å². The first-order chi connectivity index (χ1) is 30.6. The molecule has 2 aliphatic carbocycles. The van der Waals surface area contributed by atoms with Crippen LogP contribution in [0, 0.1) is 0 Å². The van der Waals surface area contributed by atoms with Crippen LogP contribution in [0.4, 0.5) is 0 Å². The molecular weight excluding hydrogens is 913 g/mol. The zero-order chi connectivity index (χ0) is 51.1. The van der Waals surface area contributed by atoms with E-state index in [1.54, 1.807) is 69.5 Å². The van der Waals surface area contributed by atoms with E-state index in [1.165, 1.54) is 42.0 Å². The highest BCUT2D eigenvalue weighted by atomic mass is 32.2. The molecule has 0 unspecified atom stereocenters. The predicted molar refractivity (Wildman–Crippen MR) is 246 cm³/mol. The molecule has 0 spiro atoms. The molecule has 22 heteroatoms. The van der Waals surface area contributed by atoms with Gasteiger partial charge in [0.05, 0.1) is 22.7 Å². The summed E-state index contributed by atoms with van der Waals surface area (Å²) < 4.78 is 70.6. The van der Waals surface area contributed by atoms with Crippen molar-refractivity contribution < 1.29 is 64.6 Å². The first-order valence-electron chi connectivity index (χ1n) is 22.6. The van der Waals surface area contributed by atoms with Gasteiger partial charge in [-0.15, -0.1) is 0 Å². The summed E-state index contributed by atoms with van der Waals surface area (Å²) in [7, 11) is -4.30. The number of hydrogen-bond acceptors (Lipinski definition) is 16. The third-order valence-corrected chi connectivity index (χ3v) is 18.8. The number of aryl methyl sites for hydroxylation is 2. The molecule has 0 aromatic carbocycles. The smallest absolute Gasteiger partial charge is 0.359 e. The van der Waals surface area contributed by atoms with Gasteiger partial charge in [0.25, 0.3) is 11.8 Å². The van der Waals surface area contributed by atoms with E-state index < -0.39 is 79.6 Å². The molecule has 2 amide bonds. The molecule has 376 valence electrons. The minimum absolute atomic E-state index is 0.0280. The van der Waals surface area contributed by atoms with Gasteiger partial charge < -0.3 is 29.2 Å². The highest BCUT2D eigenvalue weighted by molar-refractivity contribution is 7.95. The number of ether oxygens (including phenoxy) is 4. The van der Waals surface area contributed by atoms with Crippen LogP contribution in [0.1, 0.15) is 175 Å². The number of esters is 4. The Hall–Kier alpha value is -4.86. The number of rotatable bonds is 13. The van der Waals surface area contributed by atoms with Crippen LogP contribution >= 0.6 is 0 Å². The second kappa shape index (κ2) is 19.3. The lowest BCUT2D eigenvalue weighted by Crippen LogP contribution is -2.54. The normalized spacial score (nSPS) is 17.5. The Morgan fingerprint density at radius 3 is 1.43 bits per heavy atom. The van der Waals surface area contributed by atoms with Gasteiger partial charge in [0, 0.05) is 44.9 Å². The molecule has 6 rings (SSSR count). The Morgan fingerprint density at radius 2 is 1.04 bits per heavy atom. The van der Waals surface area contributed by atoms with E-state index in [1.807, 2.05) is 6.92 Å². The third-order valence-electron chi connectivity index (χ3n) is 12.2. The molecule has 0 radical (unpaired) electrons. The molecule has 2 saturated carbocycles. The van der Waals surface area contributed by atoms with Crippen molar-refractivity contribution in [3.05, 3.63) is 33.9 Å². The highest BCUT2D eigenvalue weighted by Crippen LogP contribution is 2.51. The molecular formula is C45H70N6O14S2. The summed E-state index contributed by atoms with van der Waals surface area (Å²) in [4.78, 5) is 75.0. The van der Waals surface area contributed by atoms with Gasteiger partial charge in [-0.25, -0.2) is 26.4 Å². The van der Waals surface area contributed by atoms with Gasteiger partial charge in [-0.05, 0) is 128 Å². The Bertz CT molecular complexity index is 2500. The average molecular weight is 983 g/mol. The van der Waals surface area contributed by atoms with Crippen LogP contribution in [-0.2, 0) is 75.1 Å². The Kier molecular flexibility index (Phi) is 15.7. The van der Waals surface area contributed by atoms with Crippen LogP contribution < -0.4 is 5.32 Å². The predicted octanol–water partition coefficient (Wildman–Crippen LogP) is 4.01. The number of carbonyl (C=O) groups is 6. The lowest BCUT2D eigenvalue weighted by molar-refractivity contribution is -0.158. The summed E-state index contributed by atoms with van der Waals surface area (Å²) in [6.45, 7) is 22.4. The second-order valence-electron chi connectivity index (χ2n) is 20.3. The Balaban J connectivity index is 0.000000242. The maximum absolute atomic E-state index is 13.6. The number of aromatic nitrogens is 4. The van der Waals surface area contributed by atoms with Crippen LogP contribution in [0.15, 0.2) is 0 Å². The number of hydrogen-bond donors (Lipinski definition) is 1. The molecule has 1 N–H and O–H groups in total. The van der Waals surface area contributed by atoms with Crippen molar-refractivity contribution in [2.24, 2.45) is 14.1 Å². The monoisotopic (exact) mass is 982 g/mol. The number of fused-ring (bicyclic) bond motifs is 2. The number of sulfone groups is 2. The number of nitrogens with one attached hydrogen (secondary N) is 1. The summed E-state index contributed by atoms with van der Waals surface area (Å²) in [5.74, 6) is -3.09. The average Bonchev–Trinajstić information content (AvgIpc) is 4.13. The summed E-state index contributed by atoms with van der Waals surface area (Å²) in [5.41, 5.74) is 0.779. The van der Waals surface area contributed by atoms with E-state index in [0.29, 0.717) is 74.9 Å². The second-order valence-corrected chi connectivity index (χ2v) is 26.1. The van der Waals surface area contributed by atoms with Crippen molar-refractivity contribution in [1.82, 2.24) is 29.8 Å². The topological polar surface area (TPSA) is 259 Å². The Morgan fingerprint density at radius 1 is 0.642 bits per heavy atom. The molecule has 4 aliphatic rings. The van der Waals surface area contributed by atoms with E-state index in [-0.39, 0.29) is 42.7 Å². The van der Waals surface area contributed by atoms with E-state index in [9.17, 15) is 45.6 Å². The van der Waals surface area contributed by atoms with E-state index in [2.05, 4.69) is 15.5 Å². The van der Waals surface area contributed by atoms with Crippen molar-refractivity contribution in [2.75, 3.05) is 32.8 Å². The largest absolute Gasteiger partial charge is 0.461 e. The molecule has 2 aliphatic heterocycles. The van der Waals surface area contributed by atoms with Crippen molar-refractivity contribution in [3.63, 3.8) is 0 Å². The number of amides is 2. The first kappa shape index (κ1) is 54.7. The van der Waals surface area contributed by atoms with Gasteiger partial charge in [0.15, 0.2) is 40.6 Å².